The van der Waals surface area contributed by atoms with Gasteiger partial charge in [-0.05, 0) is 35.9 Å². The lowest BCUT2D eigenvalue weighted by Crippen LogP contribution is -2.02. The molecule has 4 nitrogen and oxygen atoms in total. The molecule has 20 heavy (non-hydrogen) atoms. The van der Waals surface area contributed by atoms with Crippen LogP contribution in [0.5, 0.6) is 0 Å². The summed E-state index contributed by atoms with van der Waals surface area (Å²) in [4.78, 5) is 15.8. The highest BCUT2D eigenvalue weighted by Crippen LogP contribution is 2.15. The van der Waals surface area contributed by atoms with Crippen molar-refractivity contribution in [3.8, 4) is 0 Å². The third-order valence-electron chi connectivity index (χ3n) is 3.25. The highest BCUT2D eigenvalue weighted by atomic mass is 16.5. The van der Waals surface area contributed by atoms with Crippen molar-refractivity contribution in [2.75, 3.05) is 7.11 Å². The molecular weight excluding hydrogens is 252 g/mol. The number of carbonyl (C=O) groups is 1. The Morgan fingerprint density at radius 2 is 2.00 bits per heavy atom. The third kappa shape index (κ3) is 2.28. The van der Waals surface area contributed by atoms with E-state index in [1.54, 1.807) is 18.3 Å². The van der Waals surface area contributed by atoms with Gasteiger partial charge in [-0.3, -0.25) is 0 Å². The molecule has 0 saturated heterocycles. The van der Waals surface area contributed by atoms with Crippen LogP contribution in [0.2, 0.25) is 0 Å². The minimum atomic E-state index is -0.315. The largest absolute Gasteiger partial charge is 0.465 e. The Morgan fingerprint density at radius 3 is 2.75 bits per heavy atom. The van der Waals surface area contributed by atoms with Gasteiger partial charge in [0, 0.05) is 24.3 Å². The molecule has 1 aromatic carbocycles. The highest BCUT2D eigenvalue weighted by Gasteiger charge is 2.06. The highest BCUT2D eigenvalue weighted by molar-refractivity contribution is 5.89. The first-order valence-corrected chi connectivity index (χ1v) is 6.35. The number of benzene rings is 1. The second-order valence-corrected chi connectivity index (χ2v) is 4.55. The van der Waals surface area contributed by atoms with E-state index in [2.05, 4.69) is 14.3 Å². The summed E-state index contributed by atoms with van der Waals surface area (Å²) < 4.78 is 6.77. The van der Waals surface area contributed by atoms with Gasteiger partial charge in [-0.2, -0.15) is 0 Å². The first-order chi connectivity index (χ1) is 9.78. The van der Waals surface area contributed by atoms with Crippen LogP contribution in [0, 0.1) is 0 Å². The molecule has 0 bridgehead atoms. The lowest BCUT2D eigenvalue weighted by Gasteiger charge is -2.06. The summed E-state index contributed by atoms with van der Waals surface area (Å²) in [6, 6.07) is 13.4. The Bertz CT molecular complexity index is 745. The molecule has 0 aliphatic heterocycles. The fourth-order valence-corrected chi connectivity index (χ4v) is 2.21. The number of rotatable bonds is 3. The van der Waals surface area contributed by atoms with Gasteiger partial charge in [-0.25, -0.2) is 9.78 Å². The fraction of sp³-hybridized carbons (Fsp3) is 0.125. The molecule has 0 saturated carbocycles. The Labute approximate surface area is 116 Å². The zero-order chi connectivity index (χ0) is 13.9. The minimum Gasteiger partial charge on any atom is -0.465 e. The lowest BCUT2D eigenvalue weighted by atomic mass is 10.1. The van der Waals surface area contributed by atoms with Gasteiger partial charge in [0.05, 0.1) is 12.7 Å². The van der Waals surface area contributed by atoms with Crippen molar-refractivity contribution in [2.24, 2.45) is 0 Å². The van der Waals surface area contributed by atoms with Crippen LogP contribution >= 0.6 is 0 Å². The van der Waals surface area contributed by atoms with Crippen LogP contribution in [0.1, 0.15) is 15.9 Å². The summed E-state index contributed by atoms with van der Waals surface area (Å²) >= 11 is 0. The van der Waals surface area contributed by atoms with Gasteiger partial charge in [0.25, 0.3) is 0 Å². The number of esters is 1. The SMILES string of the molecule is COC(=O)c1ccc(Cn2ccc3cccnc32)cc1. The molecule has 3 aromatic rings. The lowest BCUT2D eigenvalue weighted by molar-refractivity contribution is 0.0600. The summed E-state index contributed by atoms with van der Waals surface area (Å²) in [6.45, 7) is 0.724. The topological polar surface area (TPSA) is 44.1 Å². The Morgan fingerprint density at radius 1 is 1.20 bits per heavy atom. The van der Waals surface area contributed by atoms with Crippen molar-refractivity contribution < 1.29 is 9.53 Å². The van der Waals surface area contributed by atoms with Crippen LogP contribution in [-0.4, -0.2) is 22.6 Å². The van der Waals surface area contributed by atoms with Gasteiger partial charge >= 0.3 is 5.97 Å². The van der Waals surface area contributed by atoms with E-state index in [9.17, 15) is 4.79 Å². The van der Waals surface area contributed by atoms with Crippen LogP contribution in [0.3, 0.4) is 0 Å². The fourth-order valence-electron chi connectivity index (χ4n) is 2.21. The molecular formula is C16H14N2O2. The van der Waals surface area contributed by atoms with Crippen molar-refractivity contribution in [2.45, 2.75) is 6.54 Å². The molecule has 0 aliphatic carbocycles. The van der Waals surface area contributed by atoms with Crippen LogP contribution < -0.4 is 0 Å². The molecule has 2 aromatic heterocycles. The van der Waals surface area contributed by atoms with Crippen LogP contribution in [-0.2, 0) is 11.3 Å². The maximum Gasteiger partial charge on any atom is 0.337 e. The monoisotopic (exact) mass is 266 g/mol. The van der Waals surface area contributed by atoms with Crippen LogP contribution in [0.25, 0.3) is 11.0 Å². The van der Waals surface area contributed by atoms with Crippen molar-refractivity contribution >= 4 is 17.0 Å². The molecule has 100 valence electrons. The number of carbonyl (C=O) groups excluding carboxylic acids is 1. The summed E-state index contributed by atoms with van der Waals surface area (Å²) in [6.07, 6.45) is 3.81. The van der Waals surface area contributed by atoms with Crippen molar-refractivity contribution in [3.05, 3.63) is 66.0 Å². The Balaban J connectivity index is 1.86. The van der Waals surface area contributed by atoms with E-state index in [4.69, 9.17) is 0 Å². The van der Waals surface area contributed by atoms with E-state index in [1.165, 1.54) is 7.11 Å². The second-order valence-electron chi connectivity index (χ2n) is 4.55. The molecule has 0 aliphatic rings. The second kappa shape index (κ2) is 5.17. The van der Waals surface area contributed by atoms with Gasteiger partial charge in [0.15, 0.2) is 0 Å². The molecule has 2 heterocycles. The Hall–Kier alpha value is -2.62. The van der Waals surface area contributed by atoms with E-state index in [1.807, 2.05) is 36.5 Å². The molecule has 0 atom stereocenters. The predicted molar refractivity (Wildman–Crippen MR) is 76.6 cm³/mol. The molecule has 0 spiro atoms. The third-order valence-corrected chi connectivity index (χ3v) is 3.25. The molecule has 4 heteroatoms. The maximum atomic E-state index is 11.4. The van der Waals surface area contributed by atoms with Gasteiger partial charge in [0.1, 0.15) is 5.65 Å². The molecule has 0 radical (unpaired) electrons. The number of aromatic nitrogens is 2. The summed E-state index contributed by atoms with van der Waals surface area (Å²) in [5, 5.41) is 1.12. The van der Waals surface area contributed by atoms with Crippen LogP contribution in [0.4, 0.5) is 0 Å². The number of methoxy groups -OCH3 is 1. The number of pyridine rings is 1. The normalized spacial score (nSPS) is 10.7. The van der Waals surface area contributed by atoms with E-state index in [0.717, 1.165) is 23.1 Å². The average molecular weight is 266 g/mol. The number of hydrogen-bond donors (Lipinski definition) is 0. The van der Waals surface area contributed by atoms with E-state index in [0.29, 0.717) is 5.56 Å². The zero-order valence-corrected chi connectivity index (χ0v) is 11.1. The molecule has 0 N–H and O–H groups in total. The minimum absolute atomic E-state index is 0.315. The predicted octanol–water partition coefficient (Wildman–Crippen LogP) is 2.87. The summed E-state index contributed by atoms with van der Waals surface area (Å²) in [5.74, 6) is -0.315. The smallest absolute Gasteiger partial charge is 0.337 e. The number of hydrogen-bond acceptors (Lipinski definition) is 3. The van der Waals surface area contributed by atoms with Crippen molar-refractivity contribution in [1.82, 2.24) is 9.55 Å². The van der Waals surface area contributed by atoms with E-state index >= 15 is 0 Å². The van der Waals surface area contributed by atoms with E-state index in [-0.39, 0.29) is 5.97 Å². The van der Waals surface area contributed by atoms with Gasteiger partial charge in [-0.1, -0.05) is 12.1 Å². The average Bonchev–Trinajstić information content (AvgIpc) is 2.91. The van der Waals surface area contributed by atoms with Gasteiger partial charge in [-0.15, -0.1) is 0 Å². The number of nitrogens with zero attached hydrogens (tertiary/aromatic N) is 2. The number of ether oxygens (including phenoxy) is 1. The van der Waals surface area contributed by atoms with E-state index < -0.39 is 0 Å². The first-order valence-electron chi connectivity index (χ1n) is 6.35. The molecule has 0 fully saturated rings. The number of fused-ring (bicyclic) bond motifs is 1. The Kier molecular flexibility index (Phi) is 3.21. The maximum absolute atomic E-state index is 11.4. The van der Waals surface area contributed by atoms with Gasteiger partial charge in [0.2, 0.25) is 0 Å². The summed E-state index contributed by atoms with van der Waals surface area (Å²) in [7, 11) is 1.38. The van der Waals surface area contributed by atoms with Crippen LogP contribution in [0.15, 0.2) is 54.9 Å². The molecule has 0 unspecified atom stereocenters. The zero-order valence-electron chi connectivity index (χ0n) is 11.1. The van der Waals surface area contributed by atoms with Gasteiger partial charge < -0.3 is 9.30 Å². The quantitative estimate of drug-likeness (QED) is 0.685. The standard InChI is InChI=1S/C16H14N2O2/c1-20-16(19)14-6-4-12(5-7-14)11-18-10-8-13-3-2-9-17-15(13)18/h2-10H,11H2,1H3. The van der Waals surface area contributed by atoms with Crippen molar-refractivity contribution in [1.29, 1.82) is 0 Å². The first kappa shape index (κ1) is 12.4. The van der Waals surface area contributed by atoms with Crippen molar-refractivity contribution in [3.63, 3.8) is 0 Å². The summed E-state index contributed by atoms with van der Waals surface area (Å²) in [5.41, 5.74) is 2.64. The molecule has 0 amide bonds. The molecule has 3 rings (SSSR count).